The number of nitrogens with one attached hydrogen (secondary N) is 2. The Kier molecular flexibility index (Phi) is 5.32. The molecule has 0 spiro atoms. The molecule has 158 valence electrons. The topological polar surface area (TPSA) is 101 Å². The van der Waals surface area contributed by atoms with Crippen LogP contribution in [0.3, 0.4) is 0 Å². The number of methoxy groups -OCH3 is 1. The molecule has 0 radical (unpaired) electrons. The molecule has 30 heavy (non-hydrogen) atoms. The van der Waals surface area contributed by atoms with Gasteiger partial charge < -0.3 is 10.1 Å². The number of amides is 1. The van der Waals surface area contributed by atoms with Crippen molar-refractivity contribution in [2.45, 2.75) is 51.4 Å². The summed E-state index contributed by atoms with van der Waals surface area (Å²) in [5.41, 5.74) is 1.85. The third-order valence-corrected chi connectivity index (χ3v) is 6.25. The maximum absolute atomic E-state index is 12.8. The summed E-state index contributed by atoms with van der Waals surface area (Å²) in [7, 11) is 1.66. The van der Waals surface area contributed by atoms with Gasteiger partial charge in [0.2, 0.25) is 11.7 Å². The van der Waals surface area contributed by atoms with Crippen molar-refractivity contribution >= 4 is 11.7 Å². The van der Waals surface area contributed by atoms with E-state index in [1.807, 2.05) is 12.1 Å². The SMILES string of the molecule is COc1ccc(C2(CNC(=O)Cc3c(C)nc4[nH]nc(C)n4c3=O)CCCC2)cc1. The number of nitrogens with zero attached hydrogens (tertiary/aromatic N) is 3. The maximum Gasteiger partial charge on any atom is 0.264 e. The normalized spacial score (nSPS) is 15.4. The molecular formula is C22H27N5O3. The van der Waals surface area contributed by atoms with Crippen molar-refractivity contribution in [2.75, 3.05) is 13.7 Å². The summed E-state index contributed by atoms with van der Waals surface area (Å²) in [5.74, 6) is 1.57. The van der Waals surface area contributed by atoms with Crippen molar-refractivity contribution in [3.63, 3.8) is 0 Å². The lowest BCUT2D eigenvalue weighted by Gasteiger charge is -2.30. The van der Waals surface area contributed by atoms with Crippen molar-refractivity contribution in [2.24, 2.45) is 0 Å². The number of rotatable bonds is 6. The highest BCUT2D eigenvalue weighted by Crippen LogP contribution is 2.41. The van der Waals surface area contributed by atoms with Crippen molar-refractivity contribution < 1.29 is 9.53 Å². The Balaban J connectivity index is 1.52. The molecule has 2 heterocycles. The number of aromatic amines is 1. The monoisotopic (exact) mass is 409 g/mol. The van der Waals surface area contributed by atoms with Crippen LogP contribution < -0.4 is 15.6 Å². The standard InChI is InChI=1S/C22H27N5O3/c1-14-18(20(29)27-15(2)25-26-21(27)24-14)12-19(28)23-13-22(10-4-5-11-22)16-6-8-17(30-3)9-7-16/h6-9H,4-5,10-13H2,1-3H3,(H,23,28)(H,24,26). The van der Waals surface area contributed by atoms with Crippen LogP contribution in [0.2, 0.25) is 0 Å². The fourth-order valence-corrected chi connectivity index (χ4v) is 4.48. The molecule has 4 rings (SSSR count). The quantitative estimate of drug-likeness (QED) is 0.650. The largest absolute Gasteiger partial charge is 0.497 e. The molecule has 0 atom stereocenters. The summed E-state index contributed by atoms with van der Waals surface area (Å²) < 4.78 is 6.68. The highest BCUT2D eigenvalue weighted by molar-refractivity contribution is 5.79. The molecule has 3 aromatic rings. The lowest BCUT2D eigenvalue weighted by molar-refractivity contribution is -0.120. The minimum atomic E-state index is -0.246. The second-order valence-electron chi connectivity index (χ2n) is 8.08. The predicted molar refractivity (Wildman–Crippen MR) is 113 cm³/mol. The third kappa shape index (κ3) is 3.58. The first-order chi connectivity index (χ1) is 14.4. The fourth-order valence-electron chi connectivity index (χ4n) is 4.48. The van der Waals surface area contributed by atoms with Gasteiger partial charge in [0.05, 0.1) is 19.2 Å². The molecule has 0 bridgehead atoms. The lowest BCUT2D eigenvalue weighted by Crippen LogP contribution is -2.40. The van der Waals surface area contributed by atoms with E-state index in [9.17, 15) is 9.59 Å². The number of hydrogen-bond donors (Lipinski definition) is 2. The van der Waals surface area contributed by atoms with Gasteiger partial charge in [-0.3, -0.25) is 9.59 Å². The number of carbonyl (C=O) groups excluding carboxylic acids is 1. The van der Waals surface area contributed by atoms with E-state index in [0.29, 0.717) is 29.4 Å². The molecule has 1 aliphatic rings. The highest BCUT2D eigenvalue weighted by Gasteiger charge is 2.36. The second-order valence-corrected chi connectivity index (χ2v) is 8.08. The summed E-state index contributed by atoms with van der Waals surface area (Å²) in [4.78, 5) is 30.0. The Morgan fingerprint density at radius 1 is 1.23 bits per heavy atom. The van der Waals surface area contributed by atoms with Crippen molar-refractivity contribution in [1.82, 2.24) is 24.9 Å². The molecular weight excluding hydrogens is 382 g/mol. The Hall–Kier alpha value is -3.16. The van der Waals surface area contributed by atoms with Gasteiger partial charge in [0, 0.05) is 17.5 Å². The maximum atomic E-state index is 12.8. The first-order valence-electron chi connectivity index (χ1n) is 10.3. The van der Waals surface area contributed by atoms with Gasteiger partial charge in [0.25, 0.3) is 5.56 Å². The molecule has 8 heteroatoms. The molecule has 1 aliphatic carbocycles. The van der Waals surface area contributed by atoms with Crippen molar-refractivity contribution in [3.05, 3.63) is 57.3 Å². The number of ether oxygens (including phenoxy) is 1. The predicted octanol–water partition coefficient (Wildman–Crippen LogP) is 2.21. The zero-order valence-electron chi connectivity index (χ0n) is 17.6. The van der Waals surface area contributed by atoms with E-state index >= 15 is 0 Å². The second kappa shape index (κ2) is 7.93. The van der Waals surface area contributed by atoms with E-state index in [1.165, 1.54) is 9.96 Å². The zero-order valence-corrected chi connectivity index (χ0v) is 17.6. The smallest absolute Gasteiger partial charge is 0.264 e. The molecule has 1 amide bonds. The first-order valence-corrected chi connectivity index (χ1v) is 10.3. The summed E-state index contributed by atoms with van der Waals surface area (Å²) in [5, 5.41) is 9.85. The lowest BCUT2D eigenvalue weighted by atomic mass is 9.78. The van der Waals surface area contributed by atoms with Crippen LogP contribution in [0.1, 0.15) is 48.3 Å². The minimum Gasteiger partial charge on any atom is -0.497 e. The number of hydrogen-bond acceptors (Lipinski definition) is 5. The van der Waals surface area contributed by atoms with Gasteiger partial charge in [-0.15, -0.1) is 0 Å². The van der Waals surface area contributed by atoms with Gasteiger partial charge in [-0.05, 0) is 44.4 Å². The number of carbonyl (C=O) groups is 1. The van der Waals surface area contributed by atoms with E-state index in [2.05, 4.69) is 32.6 Å². The van der Waals surface area contributed by atoms with Crippen LogP contribution in [0.5, 0.6) is 5.75 Å². The molecule has 1 aromatic carbocycles. The van der Waals surface area contributed by atoms with Gasteiger partial charge in [-0.1, -0.05) is 25.0 Å². The number of H-pyrrole nitrogens is 1. The number of benzene rings is 1. The van der Waals surface area contributed by atoms with Crippen molar-refractivity contribution in [1.29, 1.82) is 0 Å². The summed E-state index contributed by atoms with van der Waals surface area (Å²) in [6, 6.07) is 8.12. The van der Waals surface area contributed by atoms with Gasteiger partial charge in [0.15, 0.2) is 0 Å². The Morgan fingerprint density at radius 2 is 1.93 bits per heavy atom. The molecule has 1 fully saturated rings. The zero-order chi connectivity index (χ0) is 21.3. The van der Waals surface area contributed by atoms with E-state index in [1.54, 1.807) is 21.0 Å². The van der Waals surface area contributed by atoms with E-state index < -0.39 is 0 Å². The van der Waals surface area contributed by atoms with Crippen LogP contribution in [0.4, 0.5) is 0 Å². The Morgan fingerprint density at radius 3 is 2.60 bits per heavy atom. The number of fused-ring (bicyclic) bond motifs is 1. The van der Waals surface area contributed by atoms with E-state index in [-0.39, 0.29) is 23.3 Å². The fraction of sp³-hybridized carbons (Fsp3) is 0.455. The average molecular weight is 409 g/mol. The molecule has 2 aromatic heterocycles. The minimum absolute atomic E-state index is 0.00389. The van der Waals surface area contributed by atoms with Crippen LogP contribution in [0.15, 0.2) is 29.1 Å². The van der Waals surface area contributed by atoms with Crippen LogP contribution >= 0.6 is 0 Å². The van der Waals surface area contributed by atoms with Gasteiger partial charge in [-0.2, -0.15) is 5.10 Å². The van der Waals surface area contributed by atoms with E-state index in [4.69, 9.17) is 4.74 Å². The molecule has 0 unspecified atom stereocenters. The Labute approximate surface area is 174 Å². The molecule has 8 nitrogen and oxygen atoms in total. The third-order valence-electron chi connectivity index (χ3n) is 6.25. The summed E-state index contributed by atoms with van der Waals surface area (Å²) in [6.07, 6.45) is 4.35. The summed E-state index contributed by atoms with van der Waals surface area (Å²) >= 11 is 0. The first kappa shape index (κ1) is 20.1. The highest BCUT2D eigenvalue weighted by atomic mass is 16.5. The van der Waals surface area contributed by atoms with Gasteiger partial charge >= 0.3 is 0 Å². The Bertz CT molecular complexity index is 1120. The average Bonchev–Trinajstić information content (AvgIpc) is 3.37. The molecule has 0 aliphatic heterocycles. The van der Waals surface area contributed by atoms with Crippen LogP contribution in [-0.2, 0) is 16.6 Å². The van der Waals surface area contributed by atoms with Crippen molar-refractivity contribution in [3.8, 4) is 5.75 Å². The number of aryl methyl sites for hydroxylation is 2. The van der Waals surface area contributed by atoms with Crippen LogP contribution in [0.25, 0.3) is 5.78 Å². The molecule has 2 N–H and O–H groups in total. The number of aromatic nitrogens is 4. The van der Waals surface area contributed by atoms with Gasteiger partial charge in [0.1, 0.15) is 11.6 Å². The van der Waals surface area contributed by atoms with E-state index in [0.717, 1.165) is 31.4 Å². The van der Waals surface area contributed by atoms with Crippen LogP contribution in [0, 0.1) is 13.8 Å². The van der Waals surface area contributed by atoms with Crippen LogP contribution in [-0.4, -0.2) is 39.1 Å². The molecule has 0 saturated heterocycles. The van der Waals surface area contributed by atoms with Gasteiger partial charge in [-0.25, -0.2) is 14.5 Å². The summed E-state index contributed by atoms with van der Waals surface area (Å²) in [6.45, 7) is 4.03. The molecule has 1 saturated carbocycles.